The molecule has 0 radical (unpaired) electrons. The summed E-state index contributed by atoms with van der Waals surface area (Å²) >= 11 is 4.74. The number of aromatic carboxylic acids is 1. The Balaban J connectivity index is 2.37. The van der Waals surface area contributed by atoms with Crippen LogP contribution in [0.1, 0.15) is 16.1 Å². The van der Waals surface area contributed by atoms with E-state index >= 15 is 0 Å². The van der Waals surface area contributed by atoms with E-state index < -0.39 is 5.97 Å². The maximum atomic E-state index is 10.9. The maximum absolute atomic E-state index is 10.9. The lowest BCUT2D eigenvalue weighted by molar-refractivity contribution is 0.0697. The highest BCUT2D eigenvalue weighted by molar-refractivity contribution is 7.80. The number of carboxylic acids is 1. The molecule has 1 heterocycles. The van der Waals surface area contributed by atoms with Gasteiger partial charge in [-0.05, 0) is 24.3 Å². The molecule has 0 aliphatic carbocycles. The van der Waals surface area contributed by atoms with Gasteiger partial charge < -0.3 is 15.3 Å². The van der Waals surface area contributed by atoms with E-state index in [-0.39, 0.29) is 16.1 Å². The van der Waals surface area contributed by atoms with Crippen molar-refractivity contribution in [2.75, 3.05) is 0 Å². The molecule has 0 saturated carbocycles. The molecule has 0 amide bonds. The van der Waals surface area contributed by atoms with Gasteiger partial charge in [0.25, 0.3) is 0 Å². The lowest BCUT2D eigenvalue weighted by atomic mass is 10.1. The van der Waals surface area contributed by atoms with E-state index in [2.05, 4.69) is 0 Å². The zero-order valence-electron chi connectivity index (χ0n) is 10.7. The van der Waals surface area contributed by atoms with Gasteiger partial charge in [-0.3, -0.25) is 0 Å². The third-order valence-electron chi connectivity index (χ3n) is 2.69. The first kappa shape index (κ1) is 14.5. The standard InChI is InChI=1S/C15H10N2O3S/c16-8-11(14(17)21)7-12-4-5-13(20-12)9-2-1-3-10(6-9)15(18)19/h1-7H,(H2,17,21)(H,18,19)/b11-7+. The lowest BCUT2D eigenvalue weighted by Crippen LogP contribution is -2.09. The largest absolute Gasteiger partial charge is 0.478 e. The number of rotatable bonds is 4. The summed E-state index contributed by atoms with van der Waals surface area (Å²) in [6.45, 7) is 0. The van der Waals surface area contributed by atoms with Crippen molar-refractivity contribution in [1.82, 2.24) is 0 Å². The molecule has 2 rings (SSSR count). The van der Waals surface area contributed by atoms with Crippen LogP contribution in [0, 0.1) is 11.3 Å². The first-order chi connectivity index (χ1) is 10.0. The van der Waals surface area contributed by atoms with Crippen LogP contribution in [-0.4, -0.2) is 16.1 Å². The number of benzene rings is 1. The lowest BCUT2D eigenvalue weighted by Gasteiger charge is -1.99. The van der Waals surface area contributed by atoms with Crippen LogP contribution in [0.3, 0.4) is 0 Å². The molecule has 0 aliphatic heterocycles. The van der Waals surface area contributed by atoms with Crippen molar-refractivity contribution >= 4 is 29.3 Å². The van der Waals surface area contributed by atoms with E-state index in [4.69, 9.17) is 32.7 Å². The van der Waals surface area contributed by atoms with Gasteiger partial charge in [-0.1, -0.05) is 24.4 Å². The highest BCUT2D eigenvalue weighted by atomic mass is 32.1. The van der Waals surface area contributed by atoms with Gasteiger partial charge in [0.2, 0.25) is 0 Å². The Morgan fingerprint density at radius 1 is 1.38 bits per heavy atom. The van der Waals surface area contributed by atoms with Gasteiger partial charge in [-0.25, -0.2) is 4.79 Å². The summed E-state index contributed by atoms with van der Waals surface area (Å²) in [7, 11) is 0. The molecule has 0 bridgehead atoms. The molecule has 1 aromatic carbocycles. The highest BCUT2D eigenvalue weighted by Crippen LogP contribution is 2.24. The fraction of sp³-hybridized carbons (Fsp3) is 0. The maximum Gasteiger partial charge on any atom is 0.335 e. The van der Waals surface area contributed by atoms with Gasteiger partial charge >= 0.3 is 5.97 Å². The zero-order valence-corrected chi connectivity index (χ0v) is 11.6. The van der Waals surface area contributed by atoms with Crippen LogP contribution in [0.4, 0.5) is 0 Å². The third-order valence-corrected chi connectivity index (χ3v) is 2.91. The van der Waals surface area contributed by atoms with E-state index in [9.17, 15) is 4.79 Å². The molecule has 1 aromatic heterocycles. The fourth-order valence-electron chi connectivity index (χ4n) is 1.69. The summed E-state index contributed by atoms with van der Waals surface area (Å²) < 4.78 is 5.55. The Labute approximate surface area is 125 Å². The van der Waals surface area contributed by atoms with Gasteiger partial charge in [0.15, 0.2) is 0 Å². The number of nitriles is 1. The summed E-state index contributed by atoms with van der Waals surface area (Å²) in [6, 6.07) is 11.6. The molecule has 3 N–H and O–H groups in total. The predicted octanol–water partition coefficient (Wildman–Crippen LogP) is 2.84. The molecular formula is C15H10N2O3S. The normalized spacial score (nSPS) is 10.9. The minimum atomic E-state index is -1.01. The number of thiocarbonyl (C=S) groups is 1. The quantitative estimate of drug-likeness (QED) is 0.511. The molecule has 0 aliphatic rings. The fourth-order valence-corrected chi connectivity index (χ4v) is 1.80. The van der Waals surface area contributed by atoms with Crippen LogP contribution >= 0.6 is 12.2 Å². The van der Waals surface area contributed by atoms with Crippen LogP contribution in [-0.2, 0) is 0 Å². The molecule has 5 nitrogen and oxygen atoms in total. The van der Waals surface area contributed by atoms with E-state index in [1.54, 1.807) is 24.3 Å². The van der Waals surface area contributed by atoms with Crippen molar-refractivity contribution in [3.8, 4) is 17.4 Å². The molecule has 0 unspecified atom stereocenters. The van der Waals surface area contributed by atoms with E-state index in [1.807, 2.05) is 6.07 Å². The number of carboxylic acid groups (broad SMARTS) is 1. The Morgan fingerprint density at radius 2 is 2.14 bits per heavy atom. The molecular weight excluding hydrogens is 288 g/mol. The van der Waals surface area contributed by atoms with E-state index in [0.717, 1.165) is 0 Å². The van der Waals surface area contributed by atoms with Crippen LogP contribution in [0.15, 0.2) is 46.4 Å². The van der Waals surface area contributed by atoms with Crippen molar-refractivity contribution in [2.24, 2.45) is 5.73 Å². The SMILES string of the molecule is N#C/C(=C\c1ccc(-c2cccc(C(=O)O)c2)o1)C(N)=S. The summed E-state index contributed by atoms with van der Waals surface area (Å²) in [6.07, 6.45) is 1.44. The molecule has 2 aromatic rings. The van der Waals surface area contributed by atoms with Gasteiger partial charge in [0.1, 0.15) is 22.6 Å². The predicted molar refractivity (Wildman–Crippen MR) is 81.5 cm³/mol. The van der Waals surface area contributed by atoms with E-state index in [1.165, 1.54) is 18.2 Å². The summed E-state index contributed by atoms with van der Waals surface area (Å²) in [4.78, 5) is 10.9. The molecule has 104 valence electrons. The summed E-state index contributed by atoms with van der Waals surface area (Å²) in [5, 5.41) is 17.9. The minimum Gasteiger partial charge on any atom is -0.478 e. The number of nitrogens with two attached hydrogens (primary N) is 1. The minimum absolute atomic E-state index is 0.0108. The van der Waals surface area contributed by atoms with Crippen molar-refractivity contribution < 1.29 is 14.3 Å². The third kappa shape index (κ3) is 3.35. The zero-order chi connectivity index (χ0) is 15.4. The average Bonchev–Trinajstić information content (AvgIpc) is 2.93. The topological polar surface area (TPSA) is 100 Å². The van der Waals surface area contributed by atoms with Crippen molar-refractivity contribution in [1.29, 1.82) is 5.26 Å². The molecule has 0 fully saturated rings. The van der Waals surface area contributed by atoms with Crippen molar-refractivity contribution in [3.05, 3.63) is 53.3 Å². The second-order valence-corrected chi connectivity index (χ2v) is 4.56. The van der Waals surface area contributed by atoms with Gasteiger partial charge in [-0.15, -0.1) is 0 Å². The Morgan fingerprint density at radius 3 is 2.76 bits per heavy atom. The van der Waals surface area contributed by atoms with Crippen LogP contribution in [0.25, 0.3) is 17.4 Å². The van der Waals surface area contributed by atoms with Crippen molar-refractivity contribution in [2.45, 2.75) is 0 Å². The summed E-state index contributed by atoms with van der Waals surface area (Å²) in [5.74, 6) is -0.108. The van der Waals surface area contributed by atoms with Crippen LogP contribution in [0.5, 0.6) is 0 Å². The number of hydrogen-bond donors (Lipinski definition) is 2. The Bertz CT molecular complexity index is 784. The number of furan rings is 1. The number of nitrogens with zero attached hydrogens (tertiary/aromatic N) is 1. The monoisotopic (exact) mass is 298 g/mol. The summed E-state index contributed by atoms with van der Waals surface area (Å²) in [5.41, 5.74) is 6.34. The smallest absolute Gasteiger partial charge is 0.335 e. The van der Waals surface area contributed by atoms with Crippen LogP contribution < -0.4 is 5.73 Å². The molecule has 0 spiro atoms. The van der Waals surface area contributed by atoms with Gasteiger partial charge in [-0.2, -0.15) is 5.26 Å². The average molecular weight is 298 g/mol. The molecule has 0 saturated heterocycles. The number of hydrogen-bond acceptors (Lipinski definition) is 4. The number of carbonyl (C=O) groups is 1. The van der Waals surface area contributed by atoms with Crippen molar-refractivity contribution in [3.63, 3.8) is 0 Å². The first-order valence-corrected chi connectivity index (χ1v) is 6.27. The second kappa shape index (κ2) is 6.03. The molecule has 0 atom stereocenters. The Hall–Kier alpha value is -2.91. The molecule has 6 heteroatoms. The second-order valence-electron chi connectivity index (χ2n) is 4.12. The van der Waals surface area contributed by atoms with Gasteiger partial charge in [0.05, 0.1) is 11.1 Å². The van der Waals surface area contributed by atoms with E-state index in [0.29, 0.717) is 17.1 Å². The first-order valence-electron chi connectivity index (χ1n) is 5.86. The highest BCUT2D eigenvalue weighted by Gasteiger charge is 2.08. The van der Waals surface area contributed by atoms with Crippen LogP contribution in [0.2, 0.25) is 0 Å². The molecule has 21 heavy (non-hydrogen) atoms. The Kier molecular flexibility index (Phi) is 4.16. The van der Waals surface area contributed by atoms with Gasteiger partial charge in [0, 0.05) is 11.6 Å².